The van der Waals surface area contributed by atoms with E-state index in [1.165, 1.54) is 18.3 Å². The highest BCUT2D eigenvalue weighted by Crippen LogP contribution is 2.24. The minimum absolute atomic E-state index is 0.0532. The van der Waals surface area contributed by atoms with Crippen molar-refractivity contribution < 1.29 is 28.7 Å². The summed E-state index contributed by atoms with van der Waals surface area (Å²) < 4.78 is 16.5. The number of ether oxygens (including phenoxy) is 3. The molecule has 0 aromatic heterocycles. The first kappa shape index (κ1) is 28.1. The molecule has 0 aliphatic rings. The summed E-state index contributed by atoms with van der Waals surface area (Å²) in [4.78, 5) is 34.7. The van der Waals surface area contributed by atoms with Crippen LogP contribution in [0.3, 0.4) is 0 Å². The molecule has 0 unspecified atom stereocenters. The zero-order chi connectivity index (χ0) is 27.7. The van der Waals surface area contributed by atoms with Gasteiger partial charge in [-0.1, -0.05) is 25.4 Å². The van der Waals surface area contributed by atoms with Crippen molar-refractivity contribution in [3.63, 3.8) is 0 Å². The van der Waals surface area contributed by atoms with Crippen LogP contribution < -0.4 is 14.9 Å². The molecule has 0 heterocycles. The molecule has 1 amide bonds. The smallest absolute Gasteiger partial charge is 0.338 e. The van der Waals surface area contributed by atoms with Crippen LogP contribution in [0.5, 0.6) is 11.5 Å². The number of esters is 1. The van der Waals surface area contributed by atoms with Gasteiger partial charge in [0.1, 0.15) is 18.1 Å². The summed E-state index contributed by atoms with van der Waals surface area (Å²) in [5.74, 6) is 0.398. The van der Waals surface area contributed by atoms with Crippen molar-refractivity contribution in [1.82, 2.24) is 5.43 Å². The van der Waals surface area contributed by atoms with Crippen LogP contribution in [0.4, 0.5) is 5.69 Å². The third-order valence-corrected chi connectivity index (χ3v) is 5.44. The summed E-state index contributed by atoms with van der Waals surface area (Å²) in [5, 5.41) is 14.7. The Hall–Kier alpha value is -4.44. The third-order valence-electron chi connectivity index (χ3n) is 5.12. The van der Waals surface area contributed by atoms with Gasteiger partial charge in [0.2, 0.25) is 0 Å². The lowest BCUT2D eigenvalue weighted by Crippen LogP contribution is -2.18. The van der Waals surface area contributed by atoms with E-state index < -0.39 is 10.8 Å². The van der Waals surface area contributed by atoms with Gasteiger partial charge in [-0.05, 0) is 60.0 Å². The van der Waals surface area contributed by atoms with Gasteiger partial charge in [0, 0.05) is 17.7 Å². The standard InChI is InChI=1S/C27H26ClN3O7/c1-17(2)15-38-27(33)19-5-8-22(9-6-19)37-16-20-12-18(4-11-25(20)36-3)14-29-30-26(32)23-10-7-21(31(34)35)13-24(23)28/h4-14,17H,15-16H2,1-3H3,(H,30,32)/b29-14-. The molecule has 0 saturated heterocycles. The second-order valence-electron chi connectivity index (χ2n) is 8.50. The number of rotatable bonds is 11. The molecule has 0 saturated carbocycles. The predicted octanol–water partition coefficient (Wildman–Crippen LogP) is 5.41. The fraction of sp³-hybridized carbons (Fsp3) is 0.222. The zero-order valence-corrected chi connectivity index (χ0v) is 21.7. The monoisotopic (exact) mass is 539 g/mol. The highest BCUT2D eigenvalue weighted by molar-refractivity contribution is 6.34. The molecule has 0 aliphatic carbocycles. The first-order valence-electron chi connectivity index (χ1n) is 11.5. The Labute approximate surface area is 224 Å². The molecule has 0 fully saturated rings. The summed E-state index contributed by atoms with van der Waals surface area (Å²) >= 11 is 5.99. The number of carbonyl (C=O) groups excluding carboxylic acids is 2. The van der Waals surface area contributed by atoms with E-state index in [1.807, 2.05) is 13.8 Å². The lowest BCUT2D eigenvalue weighted by atomic mass is 10.1. The number of hydrazone groups is 1. The highest BCUT2D eigenvalue weighted by Gasteiger charge is 2.14. The number of hydrogen-bond acceptors (Lipinski definition) is 8. The van der Waals surface area contributed by atoms with Crippen LogP contribution in [0.15, 0.2) is 65.8 Å². The predicted molar refractivity (Wildman–Crippen MR) is 142 cm³/mol. The molecule has 3 aromatic carbocycles. The highest BCUT2D eigenvalue weighted by atomic mass is 35.5. The molecular formula is C27H26ClN3O7. The van der Waals surface area contributed by atoms with Crippen LogP contribution >= 0.6 is 11.6 Å². The SMILES string of the molecule is COc1ccc(/C=N\NC(=O)c2ccc([N+](=O)[O-])cc2Cl)cc1COc1ccc(C(=O)OCC(C)C)cc1. The van der Waals surface area contributed by atoms with Crippen molar-refractivity contribution in [2.45, 2.75) is 20.5 Å². The molecule has 0 atom stereocenters. The number of non-ortho nitro benzene ring substituents is 1. The van der Waals surface area contributed by atoms with E-state index in [0.29, 0.717) is 29.2 Å². The maximum Gasteiger partial charge on any atom is 0.338 e. The first-order chi connectivity index (χ1) is 18.2. The lowest BCUT2D eigenvalue weighted by Gasteiger charge is -2.12. The van der Waals surface area contributed by atoms with E-state index in [0.717, 1.165) is 11.6 Å². The number of amides is 1. The second-order valence-corrected chi connectivity index (χ2v) is 8.90. The summed E-state index contributed by atoms with van der Waals surface area (Å²) in [6, 6.07) is 15.5. The fourth-order valence-electron chi connectivity index (χ4n) is 3.19. The summed E-state index contributed by atoms with van der Waals surface area (Å²) in [6.45, 7) is 4.46. The van der Waals surface area contributed by atoms with Crippen molar-refractivity contribution in [2.75, 3.05) is 13.7 Å². The summed E-state index contributed by atoms with van der Waals surface area (Å²) in [7, 11) is 1.54. The number of carbonyl (C=O) groups is 2. The molecule has 198 valence electrons. The molecule has 0 aliphatic heterocycles. The number of nitrogens with one attached hydrogen (secondary N) is 1. The summed E-state index contributed by atoms with van der Waals surface area (Å²) in [5.41, 5.74) is 4.00. The van der Waals surface area contributed by atoms with Crippen LogP contribution in [-0.2, 0) is 11.3 Å². The van der Waals surface area contributed by atoms with Gasteiger partial charge in [-0.25, -0.2) is 10.2 Å². The molecule has 0 radical (unpaired) electrons. The average Bonchev–Trinajstić information content (AvgIpc) is 2.90. The van der Waals surface area contributed by atoms with E-state index in [-0.39, 0.29) is 34.8 Å². The van der Waals surface area contributed by atoms with E-state index in [4.69, 9.17) is 25.8 Å². The van der Waals surface area contributed by atoms with Crippen molar-refractivity contribution in [1.29, 1.82) is 0 Å². The zero-order valence-electron chi connectivity index (χ0n) is 21.0. The molecule has 3 rings (SSSR count). The van der Waals surface area contributed by atoms with E-state index >= 15 is 0 Å². The first-order valence-corrected chi connectivity index (χ1v) is 11.9. The van der Waals surface area contributed by atoms with E-state index in [9.17, 15) is 19.7 Å². The number of nitro benzene ring substituents is 1. The topological polar surface area (TPSA) is 129 Å². The molecular weight excluding hydrogens is 514 g/mol. The van der Waals surface area contributed by atoms with Crippen molar-refractivity contribution in [3.05, 3.63) is 98.1 Å². The normalized spacial score (nSPS) is 10.9. The van der Waals surface area contributed by atoms with Gasteiger partial charge in [0.05, 0.1) is 41.0 Å². The molecule has 0 spiro atoms. The van der Waals surface area contributed by atoms with Crippen molar-refractivity contribution in [3.8, 4) is 11.5 Å². The Balaban J connectivity index is 1.62. The Kier molecular flexibility index (Phi) is 9.78. The number of methoxy groups -OCH3 is 1. The Morgan fingerprint density at radius 3 is 2.47 bits per heavy atom. The molecule has 11 heteroatoms. The number of benzene rings is 3. The average molecular weight is 540 g/mol. The minimum Gasteiger partial charge on any atom is -0.496 e. The molecule has 1 N–H and O–H groups in total. The van der Waals surface area contributed by atoms with Gasteiger partial charge >= 0.3 is 5.97 Å². The number of nitro groups is 1. The third kappa shape index (κ3) is 7.78. The lowest BCUT2D eigenvalue weighted by molar-refractivity contribution is -0.384. The Morgan fingerprint density at radius 2 is 1.84 bits per heavy atom. The largest absolute Gasteiger partial charge is 0.496 e. The second kappa shape index (κ2) is 13.2. The molecule has 10 nitrogen and oxygen atoms in total. The van der Waals surface area contributed by atoms with Gasteiger partial charge in [0.15, 0.2) is 0 Å². The maximum absolute atomic E-state index is 12.3. The minimum atomic E-state index is -0.616. The number of nitrogens with zero attached hydrogens (tertiary/aromatic N) is 2. The van der Waals surface area contributed by atoms with Gasteiger partial charge in [-0.3, -0.25) is 14.9 Å². The fourth-order valence-corrected chi connectivity index (χ4v) is 3.45. The van der Waals surface area contributed by atoms with Crippen molar-refractivity contribution in [2.24, 2.45) is 11.0 Å². The van der Waals surface area contributed by atoms with Crippen LogP contribution in [0, 0.1) is 16.0 Å². The number of halogens is 1. The van der Waals surface area contributed by atoms with E-state index in [2.05, 4.69) is 10.5 Å². The maximum atomic E-state index is 12.3. The van der Waals surface area contributed by atoms with Crippen LogP contribution in [0.1, 0.15) is 45.7 Å². The van der Waals surface area contributed by atoms with Crippen LogP contribution in [0.25, 0.3) is 0 Å². The Morgan fingerprint density at radius 1 is 1.11 bits per heavy atom. The van der Waals surface area contributed by atoms with Gasteiger partial charge in [-0.15, -0.1) is 0 Å². The number of hydrogen-bond donors (Lipinski definition) is 1. The van der Waals surface area contributed by atoms with Gasteiger partial charge in [-0.2, -0.15) is 5.10 Å². The molecule has 3 aromatic rings. The van der Waals surface area contributed by atoms with E-state index in [1.54, 1.807) is 49.6 Å². The van der Waals surface area contributed by atoms with Crippen molar-refractivity contribution >= 4 is 35.4 Å². The molecule has 0 bridgehead atoms. The Bertz CT molecular complexity index is 1340. The van der Waals surface area contributed by atoms with Crippen LogP contribution in [-0.4, -0.2) is 36.7 Å². The van der Waals surface area contributed by atoms with Crippen LogP contribution in [0.2, 0.25) is 5.02 Å². The van der Waals surface area contributed by atoms with Gasteiger partial charge < -0.3 is 14.2 Å². The molecule has 38 heavy (non-hydrogen) atoms. The summed E-state index contributed by atoms with van der Waals surface area (Å²) in [6.07, 6.45) is 1.43. The quantitative estimate of drug-likeness (QED) is 0.149. The van der Waals surface area contributed by atoms with Gasteiger partial charge in [0.25, 0.3) is 11.6 Å².